The minimum Gasteiger partial charge on any atom is -0.482 e. The van der Waals surface area contributed by atoms with E-state index in [1.807, 2.05) is 24.3 Å². The molecule has 0 aromatic heterocycles. The van der Waals surface area contributed by atoms with Gasteiger partial charge in [0.05, 0.1) is 5.92 Å². The summed E-state index contributed by atoms with van der Waals surface area (Å²) in [6, 6.07) is 16.3. The summed E-state index contributed by atoms with van der Waals surface area (Å²) in [5, 5.41) is 0. The van der Waals surface area contributed by atoms with Crippen molar-refractivity contribution in [2.75, 3.05) is 0 Å². The van der Waals surface area contributed by atoms with Crippen molar-refractivity contribution in [3.8, 4) is 11.5 Å². The normalized spacial score (nSPS) is 25.8. The molecule has 0 saturated heterocycles. The van der Waals surface area contributed by atoms with Gasteiger partial charge in [0.2, 0.25) is 0 Å². The van der Waals surface area contributed by atoms with Crippen molar-refractivity contribution in [2.24, 2.45) is 17.8 Å². The molecule has 4 unspecified atom stereocenters. The molecule has 3 aliphatic rings. The summed E-state index contributed by atoms with van der Waals surface area (Å²) in [6.07, 6.45) is 12.7. The summed E-state index contributed by atoms with van der Waals surface area (Å²) in [7, 11) is 0. The van der Waals surface area contributed by atoms with Crippen LogP contribution in [-0.4, -0.2) is 12.1 Å². The lowest BCUT2D eigenvalue weighted by atomic mass is 9.78. The molecule has 0 N–H and O–H groups in total. The third kappa shape index (κ3) is 4.04. The number of carbonyl (C=O) groups is 1. The van der Waals surface area contributed by atoms with Crippen molar-refractivity contribution in [3.63, 3.8) is 0 Å². The van der Waals surface area contributed by atoms with E-state index < -0.39 is 0 Å². The van der Waals surface area contributed by atoms with Crippen molar-refractivity contribution in [1.29, 1.82) is 0 Å². The molecule has 3 heteroatoms. The van der Waals surface area contributed by atoms with E-state index in [4.69, 9.17) is 9.47 Å². The molecule has 2 aromatic carbocycles. The Morgan fingerprint density at radius 3 is 2.06 bits per heavy atom. The first kappa shape index (κ1) is 20.8. The molecule has 5 rings (SSSR count). The predicted molar refractivity (Wildman–Crippen MR) is 127 cm³/mol. The molecular weight excluding hydrogens is 396 g/mol. The van der Waals surface area contributed by atoms with Crippen molar-refractivity contribution in [2.45, 2.75) is 45.1 Å². The van der Waals surface area contributed by atoms with Crippen LogP contribution in [0.3, 0.4) is 0 Å². The molecule has 0 amide bonds. The van der Waals surface area contributed by atoms with Crippen LogP contribution >= 0.6 is 0 Å². The highest BCUT2D eigenvalue weighted by molar-refractivity contribution is 5.76. The smallest absolute Gasteiger partial charge is 0.314 e. The number of hydrogen-bond acceptors (Lipinski definition) is 3. The van der Waals surface area contributed by atoms with E-state index in [-0.39, 0.29) is 23.4 Å². The van der Waals surface area contributed by atoms with Crippen molar-refractivity contribution < 1.29 is 14.3 Å². The SMILES string of the molecule is CC1=CC(Oc2ccc(C(C)(C)c3ccc(OC(=O)C4CC5C=CC4C5)cc3)cc2)C=C1. The average molecular weight is 427 g/mol. The fourth-order valence-corrected chi connectivity index (χ4v) is 5.15. The number of allylic oxidation sites excluding steroid dienone is 4. The van der Waals surface area contributed by atoms with Crippen LogP contribution in [0.2, 0.25) is 0 Å². The number of fused-ring (bicyclic) bond motifs is 2. The summed E-state index contributed by atoms with van der Waals surface area (Å²) in [6.45, 7) is 6.49. The maximum Gasteiger partial charge on any atom is 0.314 e. The zero-order valence-electron chi connectivity index (χ0n) is 19.0. The van der Waals surface area contributed by atoms with Crippen molar-refractivity contribution in [1.82, 2.24) is 0 Å². The third-order valence-corrected chi connectivity index (χ3v) is 7.20. The lowest BCUT2D eigenvalue weighted by Crippen LogP contribution is -2.24. The molecule has 0 aliphatic heterocycles. The Hall–Kier alpha value is -3.07. The van der Waals surface area contributed by atoms with Gasteiger partial charge in [-0.1, -0.05) is 61.9 Å². The maximum absolute atomic E-state index is 12.6. The Labute approximate surface area is 190 Å². The number of benzene rings is 2. The first-order chi connectivity index (χ1) is 15.4. The first-order valence-electron chi connectivity index (χ1n) is 11.5. The van der Waals surface area contributed by atoms with Gasteiger partial charge in [0, 0.05) is 5.41 Å². The molecule has 32 heavy (non-hydrogen) atoms. The highest BCUT2D eigenvalue weighted by Gasteiger charge is 2.41. The Bertz CT molecular complexity index is 1090. The highest BCUT2D eigenvalue weighted by atomic mass is 16.5. The van der Waals surface area contributed by atoms with Crippen LogP contribution in [-0.2, 0) is 10.2 Å². The second-order valence-corrected chi connectivity index (χ2v) is 9.83. The first-order valence-corrected chi connectivity index (χ1v) is 11.5. The van der Waals surface area contributed by atoms with Crippen LogP contribution in [0.25, 0.3) is 0 Å². The van der Waals surface area contributed by atoms with Gasteiger partial charge in [-0.25, -0.2) is 0 Å². The summed E-state index contributed by atoms with van der Waals surface area (Å²) in [4.78, 5) is 12.6. The van der Waals surface area contributed by atoms with Crippen LogP contribution in [0.1, 0.15) is 44.7 Å². The van der Waals surface area contributed by atoms with Gasteiger partial charge in [-0.3, -0.25) is 4.79 Å². The molecule has 0 spiro atoms. The minimum atomic E-state index is -0.180. The van der Waals surface area contributed by atoms with Gasteiger partial charge in [-0.05, 0) is 79.1 Å². The lowest BCUT2D eigenvalue weighted by Gasteiger charge is -2.26. The number of carbonyl (C=O) groups excluding carboxylic acids is 1. The molecule has 4 atom stereocenters. The lowest BCUT2D eigenvalue weighted by molar-refractivity contribution is -0.139. The van der Waals surface area contributed by atoms with E-state index in [1.54, 1.807) is 0 Å². The molecule has 1 saturated carbocycles. The molecule has 0 heterocycles. The second-order valence-electron chi connectivity index (χ2n) is 9.83. The summed E-state index contributed by atoms with van der Waals surface area (Å²) in [5.41, 5.74) is 3.43. The van der Waals surface area contributed by atoms with E-state index in [0.29, 0.717) is 17.6 Å². The van der Waals surface area contributed by atoms with Gasteiger partial charge in [0.1, 0.15) is 17.6 Å². The van der Waals surface area contributed by atoms with Crippen LogP contribution in [0, 0.1) is 17.8 Å². The zero-order chi connectivity index (χ0) is 22.3. The van der Waals surface area contributed by atoms with E-state index in [9.17, 15) is 4.79 Å². The van der Waals surface area contributed by atoms with Crippen LogP contribution in [0.4, 0.5) is 0 Å². The molecular formula is C29H30O3. The van der Waals surface area contributed by atoms with Crippen LogP contribution < -0.4 is 9.47 Å². The molecule has 1 fully saturated rings. The molecule has 164 valence electrons. The third-order valence-electron chi connectivity index (χ3n) is 7.20. The molecule has 3 aliphatic carbocycles. The highest BCUT2D eigenvalue weighted by Crippen LogP contribution is 2.44. The van der Waals surface area contributed by atoms with Gasteiger partial charge < -0.3 is 9.47 Å². The molecule has 2 bridgehead atoms. The summed E-state index contributed by atoms with van der Waals surface area (Å²) < 4.78 is 11.7. The number of ether oxygens (including phenoxy) is 2. The molecule has 3 nitrogen and oxygen atoms in total. The predicted octanol–water partition coefficient (Wildman–Crippen LogP) is 6.39. The number of rotatable bonds is 6. The number of hydrogen-bond donors (Lipinski definition) is 0. The van der Waals surface area contributed by atoms with Gasteiger partial charge in [-0.2, -0.15) is 0 Å². The fraction of sp³-hybridized carbons (Fsp3) is 0.345. The average Bonchev–Trinajstić information content (AvgIpc) is 3.52. The van der Waals surface area contributed by atoms with E-state index in [1.165, 1.54) is 16.7 Å². The van der Waals surface area contributed by atoms with Crippen molar-refractivity contribution in [3.05, 3.63) is 95.6 Å². The van der Waals surface area contributed by atoms with E-state index in [0.717, 1.165) is 18.6 Å². The quantitative estimate of drug-likeness (QED) is 0.305. The Kier molecular flexibility index (Phi) is 5.28. The number of esters is 1. The minimum absolute atomic E-state index is 0.0135. The van der Waals surface area contributed by atoms with Gasteiger partial charge in [-0.15, -0.1) is 0 Å². The van der Waals surface area contributed by atoms with Gasteiger partial charge in [0.15, 0.2) is 0 Å². The Morgan fingerprint density at radius 1 is 0.875 bits per heavy atom. The second kappa shape index (κ2) is 8.12. The largest absolute Gasteiger partial charge is 0.482 e. The van der Waals surface area contributed by atoms with Gasteiger partial charge >= 0.3 is 5.97 Å². The van der Waals surface area contributed by atoms with Gasteiger partial charge in [0.25, 0.3) is 0 Å². The monoisotopic (exact) mass is 426 g/mol. The Balaban J connectivity index is 1.24. The fourth-order valence-electron chi connectivity index (χ4n) is 5.15. The molecule has 0 radical (unpaired) electrons. The Morgan fingerprint density at radius 2 is 1.53 bits per heavy atom. The molecule has 2 aromatic rings. The van der Waals surface area contributed by atoms with Crippen LogP contribution in [0.15, 0.2) is 84.5 Å². The summed E-state index contributed by atoms with van der Waals surface area (Å²) in [5.74, 6) is 2.34. The van der Waals surface area contributed by atoms with Crippen LogP contribution in [0.5, 0.6) is 11.5 Å². The standard InChI is InChI=1S/C29H30O3/c1-19-4-11-26(16-19)31-24-12-7-22(8-13-24)29(2,3)23-9-14-25(15-10-23)32-28(30)27-18-20-5-6-21(27)17-20/h4-16,20-21,26-27H,17-18H2,1-3H3. The topological polar surface area (TPSA) is 35.5 Å². The van der Waals surface area contributed by atoms with E-state index in [2.05, 4.69) is 75.4 Å². The maximum atomic E-state index is 12.6. The van der Waals surface area contributed by atoms with E-state index >= 15 is 0 Å². The summed E-state index contributed by atoms with van der Waals surface area (Å²) >= 11 is 0. The zero-order valence-corrected chi connectivity index (χ0v) is 19.0. The van der Waals surface area contributed by atoms with Crippen molar-refractivity contribution >= 4 is 5.97 Å².